The molecule has 1 aliphatic rings. The van der Waals surface area contributed by atoms with E-state index in [9.17, 15) is 14.4 Å². The zero-order valence-electron chi connectivity index (χ0n) is 15.5. The monoisotopic (exact) mass is 369 g/mol. The molecule has 8 heteroatoms. The van der Waals surface area contributed by atoms with Crippen molar-refractivity contribution in [3.05, 3.63) is 58.3 Å². The first kappa shape index (κ1) is 18.8. The van der Waals surface area contributed by atoms with Crippen molar-refractivity contribution in [2.75, 3.05) is 26.7 Å². The fourth-order valence-electron chi connectivity index (χ4n) is 2.98. The van der Waals surface area contributed by atoms with Gasteiger partial charge in [0.05, 0.1) is 11.6 Å². The standard InChI is InChI=1S/C19H23N5O3/c1-14-6-7-17(25)24(21-14)13-18(26)23-11-15(12-23)19(27)22(2)10-8-16-5-3-4-9-20-16/h3-7,9,15H,8,10-13H2,1-2H3. The first-order chi connectivity index (χ1) is 12.9. The van der Waals surface area contributed by atoms with Crippen molar-refractivity contribution in [1.82, 2.24) is 24.6 Å². The third-order valence-corrected chi connectivity index (χ3v) is 4.67. The zero-order chi connectivity index (χ0) is 19.4. The van der Waals surface area contributed by atoms with E-state index in [2.05, 4.69) is 10.1 Å². The van der Waals surface area contributed by atoms with Gasteiger partial charge in [-0.1, -0.05) is 6.07 Å². The lowest BCUT2D eigenvalue weighted by molar-refractivity contribution is -0.148. The Morgan fingerprint density at radius 3 is 2.70 bits per heavy atom. The Hall–Kier alpha value is -3.03. The molecule has 27 heavy (non-hydrogen) atoms. The van der Waals surface area contributed by atoms with Gasteiger partial charge in [0, 0.05) is 51.1 Å². The molecule has 0 unspecified atom stereocenters. The van der Waals surface area contributed by atoms with E-state index in [4.69, 9.17) is 0 Å². The van der Waals surface area contributed by atoms with Crippen molar-refractivity contribution < 1.29 is 9.59 Å². The molecule has 8 nitrogen and oxygen atoms in total. The smallest absolute Gasteiger partial charge is 0.267 e. The second-order valence-corrected chi connectivity index (χ2v) is 6.80. The van der Waals surface area contributed by atoms with Gasteiger partial charge >= 0.3 is 0 Å². The van der Waals surface area contributed by atoms with E-state index in [1.54, 1.807) is 36.0 Å². The highest BCUT2D eigenvalue weighted by Crippen LogP contribution is 2.18. The number of nitrogens with zero attached hydrogens (tertiary/aromatic N) is 5. The SMILES string of the molecule is Cc1ccc(=O)n(CC(=O)N2CC(C(=O)N(C)CCc3ccccn3)C2)n1. The molecule has 2 aromatic heterocycles. The Balaban J connectivity index is 1.46. The Kier molecular flexibility index (Phi) is 5.63. The number of amides is 2. The van der Waals surface area contributed by atoms with Gasteiger partial charge in [0.1, 0.15) is 6.54 Å². The summed E-state index contributed by atoms with van der Waals surface area (Å²) in [4.78, 5) is 44.1. The van der Waals surface area contributed by atoms with E-state index in [0.29, 0.717) is 31.7 Å². The lowest BCUT2D eigenvalue weighted by Crippen LogP contribution is -2.57. The number of rotatable bonds is 6. The average Bonchev–Trinajstić information content (AvgIpc) is 2.62. The highest BCUT2D eigenvalue weighted by molar-refractivity contribution is 5.84. The summed E-state index contributed by atoms with van der Waals surface area (Å²) in [5, 5.41) is 4.06. The maximum absolute atomic E-state index is 12.5. The lowest BCUT2D eigenvalue weighted by Gasteiger charge is -2.39. The Morgan fingerprint density at radius 1 is 1.22 bits per heavy atom. The first-order valence-corrected chi connectivity index (χ1v) is 8.91. The Morgan fingerprint density at radius 2 is 2.00 bits per heavy atom. The van der Waals surface area contributed by atoms with Gasteiger partial charge in [-0.3, -0.25) is 19.4 Å². The molecule has 0 N–H and O–H groups in total. The summed E-state index contributed by atoms with van der Waals surface area (Å²) in [6, 6.07) is 8.73. The molecular weight excluding hydrogens is 346 g/mol. The minimum atomic E-state index is -0.309. The molecule has 2 amide bonds. The van der Waals surface area contributed by atoms with Gasteiger partial charge in [-0.25, -0.2) is 4.68 Å². The second-order valence-electron chi connectivity index (χ2n) is 6.80. The van der Waals surface area contributed by atoms with Crippen molar-refractivity contribution in [3.63, 3.8) is 0 Å². The molecule has 3 rings (SSSR count). The van der Waals surface area contributed by atoms with Crippen LogP contribution in [0.2, 0.25) is 0 Å². The predicted octanol–water partition coefficient (Wildman–Crippen LogP) is 0.106. The topological polar surface area (TPSA) is 88.4 Å². The summed E-state index contributed by atoms with van der Waals surface area (Å²) in [5.41, 5.74) is 1.31. The van der Waals surface area contributed by atoms with Gasteiger partial charge in [0.25, 0.3) is 5.56 Å². The molecule has 142 valence electrons. The van der Waals surface area contributed by atoms with E-state index in [1.165, 1.54) is 6.07 Å². The van der Waals surface area contributed by atoms with Crippen LogP contribution in [0.25, 0.3) is 0 Å². The number of carbonyl (C=O) groups is 2. The summed E-state index contributed by atoms with van der Waals surface area (Å²) in [5.74, 6) is -0.360. The van der Waals surface area contributed by atoms with E-state index >= 15 is 0 Å². The number of pyridine rings is 1. The van der Waals surface area contributed by atoms with Crippen LogP contribution < -0.4 is 5.56 Å². The molecule has 0 saturated carbocycles. The Labute approximate surface area is 157 Å². The zero-order valence-corrected chi connectivity index (χ0v) is 15.5. The van der Waals surface area contributed by atoms with Crippen molar-refractivity contribution in [3.8, 4) is 0 Å². The number of likely N-dealkylation sites (N-methyl/N-ethyl adjacent to an activating group) is 1. The third kappa shape index (κ3) is 4.58. The van der Waals surface area contributed by atoms with Crippen LogP contribution >= 0.6 is 0 Å². The molecule has 1 fully saturated rings. The van der Waals surface area contributed by atoms with Gasteiger partial charge < -0.3 is 9.80 Å². The number of hydrogen-bond acceptors (Lipinski definition) is 5. The first-order valence-electron chi connectivity index (χ1n) is 8.91. The van der Waals surface area contributed by atoms with E-state index in [0.717, 1.165) is 10.4 Å². The minimum absolute atomic E-state index is 0.0285. The summed E-state index contributed by atoms with van der Waals surface area (Å²) in [6.45, 7) is 3.01. The van der Waals surface area contributed by atoms with E-state index in [-0.39, 0.29) is 29.8 Å². The molecule has 2 aromatic rings. The van der Waals surface area contributed by atoms with Crippen molar-refractivity contribution >= 4 is 11.8 Å². The van der Waals surface area contributed by atoms with Crippen LogP contribution in [-0.2, 0) is 22.6 Å². The minimum Gasteiger partial charge on any atom is -0.345 e. The summed E-state index contributed by atoms with van der Waals surface area (Å²) < 4.78 is 1.16. The van der Waals surface area contributed by atoms with Gasteiger partial charge in [0.2, 0.25) is 11.8 Å². The van der Waals surface area contributed by atoms with Crippen molar-refractivity contribution in [1.29, 1.82) is 0 Å². The molecule has 0 atom stereocenters. The van der Waals surface area contributed by atoms with Gasteiger partial charge in [-0.2, -0.15) is 5.10 Å². The van der Waals surface area contributed by atoms with Crippen LogP contribution in [0.1, 0.15) is 11.4 Å². The molecule has 1 saturated heterocycles. The molecule has 0 aliphatic carbocycles. The van der Waals surface area contributed by atoms with Crippen LogP contribution in [0.4, 0.5) is 0 Å². The molecule has 1 aliphatic heterocycles. The van der Waals surface area contributed by atoms with Crippen molar-refractivity contribution in [2.45, 2.75) is 19.9 Å². The summed E-state index contributed by atoms with van der Waals surface area (Å²) in [6.07, 6.45) is 2.43. The van der Waals surface area contributed by atoms with Crippen LogP contribution in [0, 0.1) is 12.8 Å². The maximum Gasteiger partial charge on any atom is 0.267 e. The number of likely N-dealkylation sites (tertiary alicyclic amines) is 1. The Bertz CT molecular complexity index is 874. The van der Waals surface area contributed by atoms with Crippen LogP contribution in [0.3, 0.4) is 0 Å². The van der Waals surface area contributed by atoms with Crippen LogP contribution in [0.5, 0.6) is 0 Å². The quantitative estimate of drug-likeness (QED) is 0.721. The maximum atomic E-state index is 12.5. The normalized spacial score (nSPS) is 13.9. The number of aryl methyl sites for hydroxylation is 1. The largest absolute Gasteiger partial charge is 0.345 e. The highest BCUT2D eigenvalue weighted by Gasteiger charge is 2.37. The molecular formula is C19H23N5O3. The average molecular weight is 369 g/mol. The summed E-state index contributed by atoms with van der Waals surface area (Å²) in [7, 11) is 1.77. The fourth-order valence-corrected chi connectivity index (χ4v) is 2.98. The van der Waals surface area contributed by atoms with Crippen molar-refractivity contribution in [2.24, 2.45) is 5.92 Å². The molecule has 0 aromatic carbocycles. The number of hydrogen-bond donors (Lipinski definition) is 0. The van der Waals surface area contributed by atoms with Gasteiger partial charge in [0.15, 0.2) is 0 Å². The van der Waals surface area contributed by atoms with E-state index < -0.39 is 0 Å². The predicted molar refractivity (Wildman–Crippen MR) is 98.9 cm³/mol. The number of carbonyl (C=O) groups excluding carboxylic acids is 2. The highest BCUT2D eigenvalue weighted by atomic mass is 16.2. The second kappa shape index (κ2) is 8.11. The van der Waals surface area contributed by atoms with E-state index in [1.807, 2.05) is 18.2 Å². The third-order valence-electron chi connectivity index (χ3n) is 4.67. The van der Waals surface area contributed by atoms with Gasteiger partial charge in [-0.05, 0) is 25.1 Å². The van der Waals surface area contributed by atoms with Crippen LogP contribution in [-0.4, -0.2) is 63.1 Å². The lowest BCUT2D eigenvalue weighted by atomic mass is 9.98. The number of aromatic nitrogens is 3. The molecule has 0 bridgehead atoms. The summed E-state index contributed by atoms with van der Waals surface area (Å²) >= 11 is 0. The van der Waals surface area contributed by atoms with Gasteiger partial charge in [-0.15, -0.1) is 0 Å². The molecule has 0 spiro atoms. The van der Waals surface area contributed by atoms with Crippen LogP contribution in [0.15, 0.2) is 41.3 Å². The molecule has 3 heterocycles. The fraction of sp³-hybridized carbons (Fsp3) is 0.421. The molecule has 0 radical (unpaired) electrons.